The van der Waals surface area contributed by atoms with E-state index in [1.54, 1.807) is 44.6 Å². The van der Waals surface area contributed by atoms with Gasteiger partial charge in [0.15, 0.2) is 11.5 Å². The first-order valence-corrected chi connectivity index (χ1v) is 12.6. The minimum Gasteiger partial charge on any atom is -0.497 e. The Balaban J connectivity index is 1.57. The molecule has 4 aromatic rings. The number of anilines is 1. The van der Waals surface area contributed by atoms with Gasteiger partial charge in [-0.1, -0.05) is 36.4 Å². The van der Waals surface area contributed by atoms with E-state index < -0.39 is 5.91 Å². The molecule has 37 heavy (non-hydrogen) atoms. The van der Waals surface area contributed by atoms with Crippen molar-refractivity contribution in [1.29, 1.82) is 5.26 Å². The Bertz CT molecular complexity index is 1520. The summed E-state index contributed by atoms with van der Waals surface area (Å²) in [4.78, 5) is 12.7. The highest BCUT2D eigenvalue weighted by molar-refractivity contribution is 14.1. The van der Waals surface area contributed by atoms with Gasteiger partial charge in [-0.05, 0) is 93.9 Å². The Morgan fingerprint density at radius 3 is 2.49 bits per heavy atom. The van der Waals surface area contributed by atoms with Crippen LogP contribution < -0.4 is 19.5 Å². The van der Waals surface area contributed by atoms with Crippen LogP contribution in [0.1, 0.15) is 16.7 Å². The SMILES string of the molecule is COc1ccc(NC(=O)/C(C#N)=C/c2cc(I)c(OCc3c(C)ccc4ccccc34)c(OC)c2)cc1. The van der Waals surface area contributed by atoms with Gasteiger partial charge in [-0.2, -0.15) is 5.26 Å². The molecular formula is C30H25IN2O4. The summed E-state index contributed by atoms with van der Waals surface area (Å²) in [6, 6.07) is 24.9. The van der Waals surface area contributed by atoms with Crippen molar-refractivity contribution in [2.24, 2.45) is 0 Å². The summed E-state index contributed by atoms with van der Waals surface area (Å²) < 4.78 is 17.8. The van der Waals surface area contributed by atoms with E-state index in [-0.39, 0.29) is 5.57 Å². The zero-order chi connectivity index (χ0) is 26.4. The summed E-state index contributed by atoms with van der Waals surface area (Å²) in [6.45, 7) is 2.45. The van der Waals surface area contributed by atoms with Gasteiger partial charge in [-0.3, -0.25) is 4.79 Å². The molecule has 0 heterocycles. The molecule has 0 spiro atoms. The Hall–Kier alpha value is -4.03. The van der Waals surface area contributed by atoms with Gasteiger partial charge in [0.05, 0.1) is 17.8 Å². The number of rotatable bonds is 8. The van der Waals surface area contributed by atoms with Crippen LogP contribution in [0.5, 0.6) is 17.2 Å². The lowest BCUT2D eigenvalue weighted by atomic mass is 10.0. The number of ether oxygens (including phenoxy) is 3. The van der Waals surface area contributed by atoms with Crippen LogP contribution in [0.3, 0.4) is 0 Å². The Morgan fingerprint density at radius 2 is 1.78 bits per heavy atom. The van der Waals surface area contributed by atoms with E-state index >= 15 is 0 Å². The molecule has 0 aliphatic carbocycles. The second-order valence-corrected chi connectivity index (χ2v) is 9.42. The topological polar surface area (TPSA) is 80.6 Å². The van der Waals surface area contributed by atoms with Gasteiger partial charge < -0.3 is 19.5 Å². The molecule has 0 bridgehead atoms. The molecule has 0 saturated heterocycles. The summed E-state index contributed by atoms with van der Waals surface area (Å²) in [7, 11) is 3.14. The quantitative estimate of drug-likeness (QED) is 0.135. The monoisotopic (exact) mass is 604 g/mol. The fourth-order valence-corrected chi connectivity index (χ4v) is 4.71. The molecule has 7 heteroatoms. The number of nitriles is 1. The van der Waals surface area contributed by atoms with Crippen LogP contribution in [-0.2, 0) is 11.4 Å². The summed E-state index contributed by atoms with van der Waals surface area (Å²) in [5.41, 5.74) is 3.44. The molecule has 1 amide bonds. The standard InChI is InChI=1S/C30H25IN2O4/c1-19-8-9-21-6-4-5-7-25(21)26(19)18-37-29-27(31)15-20(16-28(29)36-3)14-22(17-32)30(34)33-23-10-12-24(35-2)13-11-23/h4-16H,18H2,1-3H3,(H,33,34)/b22-14+. The third kappa shape index (κ3) is 6.04. The molecule has 1 N–H and O–H groups in total. The van der Waals surface area contributed by atoms with Crippen molar-refractivity contribution in [2.75, 3.05) is 19.5 Å². The predicted octanol–water partition coefficient (Wildman–Crippen LogP) is 6.89. The number of methoxy groups -OCH3 is 2. The zero-order valence-electron chi connectivity index (χ0n) is 20.7. The molecule has 186 valence electrons. The van der Waals surface area contributed by atoms with Gasteiger partial charge in [0.1, 0.15) is 24.0 Å². The van der Waals surface area contributed by atoms with Crippen LogP contribution in [0.15, 0.2) is 78.4 Å². The first kappa shape index (κ1) is 26.0. The molecule has 0 aliphatic rings. The molecule has 0 saturated carbocycles. The molecule has 4 rings (SSSR count). The maximum absolute atomic E-state index is 12.7. The molecular weight excluding hydrogens is 579 g/mol. The molecule has 0 atom stereocenters. The van der Waals surface area contributed by atoms with Crippen molar-refractivity contribution in [3.8, 4) is 23.3 Å². The average molecular weight is 604 g/mol. The maximum atomic E-state index is 12.7. The van der Waals surface area contributed by atoms with E-state index in [2.05, 4.69) is 59.1 Å². The molecule has 4 aromatic carbocycles. The summed E-state index contributed by atoms with van der Waals surface area (Å²) in [6.07, 6.45) is 1.53. The van der Waals surface area contributed by atoms with Gasteiger partial charge in [-0.15, -0.1) is 0 Å². The zero-order valence-corrected chi connectivity index (χ0v) is 22.8. The van der Waals surface area contributed by atoms with Crippen molar-refractivity contribution in [3.63, 3.8) is 0 Å². The van der Waals surface area contributed by atoms with E-state index in [1.165, 1.54) is 6.08 Å². The van der Waals surface area contributed by atoms with Crippen molar-refractivity contribution in [2.45, 2.75) is 13.5 Å². The average Bonchev–Trinajstić information content (AvgIpc) is 2.92. The molecule has 0 radical (unpaired) electrons. The third-order valence-electron chi connectivity index (χ3n) is 5.91. The number of fused-ring (bicyclic) bond motifs is 1. The van der Waals surface area contributed by atoms with Crippen LogP contribution in [0.25, 0.3) is 16.8 Å². The first-order valence-electron chi connectivity index (χ1n) is 11.5. The van der Waals surface area contributed by atoms with Crippen LogP contribution in [0.4, 0.5) is 5.69 Å². The van der Waals surface area contributed by atoms with Gasteiger partial charge in [0.2, 0.25) is 0 Å². The van der Waals surface area contributed by atoms with Gasteiger partial charge >= 0.3 is 0 Å². The van der Waals surface area contributed by atoms with Crippen molar-refractivity contribution >= 4 is 51.0 Å². The highest BCUT2D eigenvalue weighted by Gasteiger charge is 2.15. The highest BCUT2D eigenvalue weighted by Crippen LogP contribution is 2.36. The van der Waals surface area contributed by atoms with Gasteiger partial charge in [0, 0.05) is 11.3 Å². The second kappa shape index (κ2) is 11.8. The molecule has 0 aliphatic heterocycles. The summed E-state index contributed by atoms with van der Waals surface area (Å²) >= 11 is 2.18. The molecule has 6 nitrogen and oxygen atoms in total. The number of aryl methyl sites for hydroxylation is 1. The number of nitrogens with zero attached hydrogens (tertiary/aromatic N) is 1. The van der Waals surface area contributed by atoms with Crippen LogP contribution >= 0.6 is 22.6 Å². The smallest absolute Gasteiger partial charge is 0.266 e. The number of carbonyl (C=O) groups excluding carboxylic acids is 1. The number of halogens is 1. The van der Waals surface area contributed by atoms with Gasteiger partial charge in [0.25, 0.3) is 5.91 Å². The Morgan fingerprint density at radius 1 is 1.03 bits per heavy atom. The predicted molar refractivity (Wildman–Crippen MR) is 154 cm³/mol. The number of amides is 1. The lowest BCUT2D eigenvalue weighted by Gasteiger charge is -2.16. The van der Waals surface area contributed by atoms with E-state index in [9.17, 15) is 10.1 Å². The first-order chi connectivity index (χ1) is 17.9. The minimum atomic E-state index is -0.506. The van der Waals surface area contributed by atoms with Crippen LogP contribution in [0.2, 0.25) is 0 Å². The van der Waals surface area contributed by atoms with Crippen molar-refractivity contribution in [3.05, 3.63) is 98.6 Å². The maximum Gasteiger partial charge on any atom is 0.266 e. The molecule has 0 aromatic heterocycles. The van der Waals surface area contributed by atoms with Crippen LogP contribution in [-0.4, -0.2) is 20.1 Å². The third-order valence-corrected chi connectivity index (χ3v) is 6.71. The Labute approximate surface area is 229 Å². The fourth-order valence-electron chi connectivity index (χ4n) is 3.93. The number of hydrogen-bond acceptors (Lipinski definition) is 5. The normalized spacial score (nSPS) is 11.1. The summed E-state index contributed by atoms with van der Waals surface area (Å²) in [5.74, 6) is 1.29. The number of nitrogens with one attached hydrogen (secondary N) is 1. The molecule has 0 fully saturated rings. The summed E-state index contributed by atoms with van der Waals surface area (Å²) in [5, 5.41) is 14.7. The van der Waals surface area contributed by atoms with E-state index in [0.717, 1.165) is 25.5 Å². The fraction of sp³-hybridized carbons (Fsp3) is 0.133. The lowest BCUT2D eigenvalue weighted by molar-refractivity contribution is -0.112. The highest BCUT2D eigenvalue weighted by atomic mass is 127. The van der Waals surface area contributed by atoms with Gasteiger partial charge in [-0.25, -0.2) is 0 Å². The van der Waals surface area contributed by atoms with E-state index in [0.29, 0.717) is 35.1 Å². The number of benzene rings is 4. The Kier molecular flexibility index (Phi) is 8.31. The van der Waals surface area contributed by atoms with E-state index in [4.69, 9.17) is 14.2 Å². The largest absolute Gasteiger partial charge is 0.497 e. The number of hydrogen-bond donors (Lipinski definition) is 1. The minimum absolute atomic E-state index is 0.0336. The van der Waals surface area contributed by atoms with Crippen molar-refractivity contribution < 1.29 is 19.0 Å². The van der Waals surface area contributed by atoms with Crippen molar-refractivity contribution in [1.82, 2.24) is 0 Å². The van der Waals surface area contributed by atoms with E-state index in [1.807, 2.05) is 24.3 Å². The van der Waals surface area contributed by atoms with Crippen LogP contribution in [0, 0.1) is 21.8 Å². The number of carbonyl (C=O) groups is 1. The molecule has 0 unspecified atom stereocenters. The second-order valence-electron chi connectivity index (χ2n) is 8.26. The lowest BCUT2D eigenvalue weighted by Crippen LogP contribution is -2.13.